The third-order valence-electron chi connectivity index (χ3n) is 6.74. The molecule has 5 rings (SSSR count). The van der Waals surface area contributed by atoms with Crippen molar-refractivity contribution in [2.24, 2.45) is 0 Å². The highest BCUT2D eigenvalue weighted by molar-refractivity contribution is 6.30. The van der Waals surface area contributed by atoms with Gasteiger partial charge in [-0.25, -0.2) is 4.79 Å². The van der Waals surface area contributed by atoms with Crippen molar-refractivity contribution in [2.45, 2.75) is 44.6 Å². The van der Waals surface area contributed by atoms with Crippen molar-refractivity contribution in [3.8, 4) is 16.9 Å². The largest absolute Gasteiger partial charge is 0.479 e. The quantitative estimate of drug-likeness (QED) is 0.457. The second-order valence-electron chi connectivity index (χ2n) is 8.93. The molecule has 0 saturated heterocycles. The number of aliphatic carboxylic acids is 1. The third-order valence-corrected chi connectivity index (χ3v) is 6.99. The van der Waals surface area contributed by atoms with Crippen molar-refractivity contribution in [1.82, 2.24) is 0 Å². The fourth-order valence-corrected chi connectivity index (χ4v) is 5.17. The molecule has 170 valence electrons. The van der Waals surface area contributed by atoms with Crippen LogP contribution in [0.25, 0.3) is 11.1 Å². The predicted octanol–water partition coefficient (Wildman–Crippen LogP) is 6.17. The summed E-state index contributed by atoms with van der Waals surface area (Å²) in [5.41, 5.74) is 7.17. The van der Waals surface area contributed by atoms with E-state index in [4.69, 9.17) is 16.3 Å². The highest BCUT2D eigenvalue weighted by Crippen LogP contribution is 2.40. The van der Waals surface area contributed by atoms with E-state index in [2.05, 4.69) is 35.2 Å². The Bertz CT molecular complexity index is 1140. The maximum Gasteiger partial charge on any atom is 0.344 e. The highest BCUT2D eigenvalue weighted by Gasteiger charge is 2.28. The first kappa shape index (κ1) is 21.8. The zero-order valence-electron chi connectivity index (χ0n) is 18.6. The molecule has 0 fully saturated rings. The molecule has 1 N–H and O–H groups in total. The van der Waals surface area contributed by atoms with Crippen LogP contribution >= 0.6 is 11.6 Å². The van der Waals surface area contributed by atoms with Gasteiger partial charge in [0.15, 0.2) is 6.10 Å². The summed E-state index contributed by atoms with van der Waals surface area (Å²) in [6.07, 6.45) is 4.52. The van der Waals surface area contributed by atoms with Crippen molar-refractivity contribution in [3.63, 3.8) is 0 Å². The first-order valence-corrected chi connectivity index (χ1v) is 12.1. The van der Waals surface area contributed by atoms with Gasteiger partial charge in [-0.15, -0.1) is 0 Å². The van der Waals surface area contributed by atoms with Crippen LogP contribution < -0.4 is 9.64 Å². The third kappa shape index (κ3) is 4.72. The minimum absolute atomic E-state index is 0.426. The first-order chi connectivity index (χ1) is 16.1. The summed E-state index contributed by atoms with van der Waals surface area (Å²) < 4.78 is 6.13. The molecule has 4 nitrogen and oxygen atoms in total. The van der Waals surface area contributed by atoms with Gasteiger partial charge in [-0.05, 0) is 79.0 Å². The summed E-state index contributed by atoms with van der Waals surface area (Å²) >= 11 is 5.98. The topological polar surface area (TPSA) is 49.8 Å². The normalized spacial score (nSPS) is 15.6. The zero-order valence-corrected chi connectivity index (χ0v) is 19.4. The number of ether oxygens (including phenoxy) is 1. The molecule has 0 bridgehead atoms. The Hall–Kier alpha value is -2.98. The maximum absolute atomic E-state index is 12.0. The fraction of sp³-hybridized carbons (Fsp3) is 0.321. The average Bonchev–Trinajstić information content (AvgIpc) is 2.84. The SMILES string of the molecule is O=C(O)C(CCc1ccc(-c2ccc(Cl)cc2)cc1)Oc1ccc2c3c1CCCN3CCC2. The van der Waals surface area contributed by atoms with Gasteiger partial charge in [0.1, 0.15) is 5.75 Å². The van der Waals surface area contributed by atoms with Gasteiger partial charge in [-0.1, -0.05) is 54.1 Å². The summed E-state index contributed by atoms with van der Waals surface area (Å²) in [7, 11) is 0. The van der Waals surface area contributed by atoms with Crippen LogP contribution in [0.15, 0.2) is 60.7 Å². The lowest BCUT2D eigenvalue weighted by Gasteiger charge is -2.37. The summed E-state index contributed by atoms with van der Waals surface area (Å²) in [6, 6.07) is 20.1. The van der Waals surface area contributed by atoms with Gasteiger partial charge in [-0.3, -0.25) is 0 Å². The van der Waals surface area contributed by atoms with E-state index in [9.17, 15) is 9.90 Å². The second-order valence-corrected chi connectivity index (χ2v) is 9.37. The van der Waals surface area contributed by atoms with Gasteiger partial charge in [0.05, 0.1) is 0 Å². The van der Waals surface area contributed by atoms with E-state index in [0.29, 0.717) is 12.8 Å². The number of benzene rings is 3. The minimum atomic E-state index is -0.912. The molecule has 3 aromatic carbocycles. The standard InChI is InChI=1S/C28H28ClNO3/c29-23-13-10-21(11-14-23)20-8-5-19(6-9-20)7-15-26(28(31)32)33-25-16-12-22-3-1-17-30-18-2-4-24(25)27(22)30/h5-6,8-14,16,26H,1-4,7,15,17-18H2,(H,31,32). The van der Waals surface area contributed by atoms with Crippen molar-refractivity contribution >= 4 is 23.3 Å². The van der Waals surface area contributed by atoms with Gasteiger partial charge in [0.2, 0.25) is 0 Å². The van der Waals surface area contributed by atoms with Gasteiger partial charge in [-0.2, -0.15) is 0 Å². The van der Waals surface area contributed by atoms with Crippen molar-refractivity contribution in [3.05, 3.63) is 82.4 Å². The van der Waals surface area contributed by atoms with Crippen LogP contribution in [0.2, 0.25) is 5.02 Å². The van der Waals surface area contributed by atoms with Crippen LogP contribution in [-0.4, -0.2) is 30.3 Å². The van der Waals surface area contributed by atoms with E-state index in [-0.39, 0.29) is 0 Å². The first-order valence-electron chi connectivity index (χ1n) is 11.7. The molecule has 33 heavy (non-hydrogen) atoms. The van der Waals surface area contributed by atoms with E-state index in [1.807, 2.05) is 30.3 Å². The van der Waals surface area contributed by atoms with Gasteiger partial charge < -0.3 is 14.7 Å². The fourth-order valence-electron chi connectivity index (χ4n) is 5.05. The molecule has 1 atom stereocenters. The summed E-state index contributed by atoms with van der Waals surface area (Å²) in [4.78, 5) is 14.5. The number of aryl methyl sites for hydroxylation is 2. The Morgan fingerprint density at radius 2 is 1.61 bits per heavy atom. The summed E-state index contributed by atoms with van der Waals surface area (Å²) in [5, 5.41) is 10.6. The van der Waals surface area contributed by atoms with E-state index >= 15 is 0 Å². The molecule has 5 heteroatoms. The van der Waals surface area contributed by atoms with Crippen molar-refractivity contribution < 1.29 is 14.6 Å². The lowest BCUT2D eigenvalue weighted by atomic mass is 9.91. The number of hydrogen-bond donors (Lipinski definition) is 1. The Kier molecular flexibility index (Phi) is 6.28. The lowest BCUT2D eigenvalue weighted by Crippen LogP contribution is -2.35. The van der Waals surface area contributed by atoms with E-state index in [0.717, 1.165) is 59.8 Å². The molecule has 0 radical (unpaired) electrons. The van der Waals surface area contributed by atoms with Crippen LogP contribution in [0.4, 0.5) is 5.69 Å². The van der Waals surface area contributed by atoms with E-state index in [1.165, 1.54) is 23.2 Å². The number of halogens is 1. The smallest absolute Gasteiger partial charge is 0.344 e. The zero-order chi connectivity index (χ0) is 22.8. The minimum Gasteiger partial charge on any atom is -0.479 e. The number of hydrogen-bond acceptors (Lipinski definition) is 3. The van der Waals surface area contributed by atoms with Crippen molar-refractivity contribution in [1.29, 1.82) is 0 Å². The highest BCUT2D eigenvalue weighted by atomic mass is 35.5. The number of anilines is 1. The van der Waals surface area contributed by atoms with E-state index in [1.54, 1.807) is 0 Å². The molecule has 2 heterocycles. The molecule has 2 aliphatic heterocycles. The number of rotatable bonds is 7. The van der Waals surface area contributed by atoms with Crippen LogP contribution in [0.1, 0.15) is 36.0 Å². The molecule has 2 aliphatic rings. The second kappa shape index (κ2) is 9.48. The van der Waals surface area contributed by atoms with Crippen molar-refractivity contribution in [2.75, 3.05) is 18.0 Å². The maximum atomic E-state index is 12.0. The molecule has 0 spiro atoms. The van der Waals surface area contributed by atoms with Gasteiger partial charge >= 0.3 is 5.97 Å². The Balaban J connectivity index is 1.28. The Morgan fingerprint density at radius 1 is 0.939 bits per heavy atom. The van der Waals surface area contributed by atoms with Gasteiger partial charge in [0, 0.05) is 29.4 Å². The molecule has 0 aliphatic carbocycles. The molecule has 0 amide bonds. The van der Waals surface area contributed by atoms with E-state index < -0.39 is 12.1 Å². The molecular weight excluding hydrogens is 434 g/mol. The van der Waals surface area contributed by atoms with Crippen LogP contribution in [0, 0.1) is 0 Å². The Morgan fingerprint density at radius 3 is 2.30 bits per heavy atom. The summed E-state index contributed by atoms with van der Waals surface area (Å²) in [5.74, 6) is -0.170. The molecule has 3 aromatic rings. The molecular formula is C28H28ClNO3. The lowest BCUT2D eigenvalue weighted by molar-refractivity contribution is -0.145. The van der Waals surface area contributed by atoms with Crippen LogP contribution in [0.3, 0.4) is 0 Å². The average molecular weight is 462 g/mol. The van der Waals surface area contributed by atoms with Gasteiger partial charge in [0.25, 0.3) is 0 Å². The number of nitrogens with zero attached hydrogens (tertiary/aromatic N) is 1. The molecule has 1 unspecified atom stereocenters. The number of carbonyl (C=O) groups is 1. The predicted molar refractivity (Wildman–Crippen MR) is 133 cm³/mol. The molecule has 0 aromatic heterocycles. The monoisotopic (exact) mass is 461 g/mol. The van der Waals surface area contributed by atoms with Crippen LogP contribution in [-0.2, 0) is 24.1 Å². The molecule has 0 saturated carbocycles. The Labute approximate surface area is 199 Å². The van der Waals surface area contributed by atoms with Crippen LogP contribution in [0.5, 0.6) is 5.75 Å². The number of carboxylic acid groups (broad SMARTS) is 1. The number of carboxylic acids is 1. The summed E-state index contributed by atoms with van der Waals surface area (Å²) in [6.45, 7) is 2.16.